The number of rotatable bonds is 2. The third kappa shape index (κ3) is 2.00. The highest BCUT2D eigenvalue weighted by Gasteiger charge is 2.10. The van der Waals surface area contributed by atoms with Crippen LogP contribution in [0.1, 0.15) is 11.3 Å². The third-order valence-corrected chi connectivity index (χ3v) is 4.72. The first-order chi connectivity index (χ1) is 11.9. The summed E-state index contributed by atoms with van der Waals surface area (Å²) in [4.78, 5) is 8.34. The fourth-order valence-corrected chi connectivity index (χ4v) is 3.57. The van der Waals surface area contributed by atoms with Gasteiger partial charge < -0.3 is 4.98 Å². The molecule has 0 saturated heterocycles. The normalized spacial score (nSPS) is 11.5. The van der Waals surface area contributed by atoms with Crippen LogP contribution in [0.15, 0.2) is 79.0 Å². The Morgan fingerprint density at radius 3 is 2.21 bits per heavy atom. The summed E-state index contributed by atoms with van der Waals surface area (Å²) in [6.45, 7) is 0. The van der Waals surface area contributed by atoms with Crippen molar-refractivity contribution in [3.05, 3.63) is 90.3 Å². The van der Waals surface area contributed by atoms with Crippen LogP contribution in [0.4, 0.5) is 0 Å². The number of pyridine rings is 1. The maximum absolute atomic E-state index is 4.97. The zero-order valence-corrected chi connectivity index (χ0v) is 13.2. The van der Waals surface area contributed by atoms with Crippen LogP contribution in [-0.4, -0.2) is 9.97 Å². The number of aromatic nitrogens is 2. The van der Waals surface area contributed by atoms with Crippen LogP contribution >= 0.6 is 0 Å². The molecule has 0 unspecified atom stereocenters. The van der Waals surface area contributed by atoms with Crippen molar-refractivity contribution in [1.29, 1.82) is 0 Å². The maximum atomic E-state index is 4.97. The lowest BCUT2D eigenvalue weighted by Gasteiger charge is -2.09. The number of hydrogen-bond acceptors (Lipinski definition) is 1. The van der Waals surface area contributed by atoms with Gasteiger partial charge >= 0.3 is 0 Å². The summed E-state index contributed by atoms with van der Waals surface area (Å²) < 4.78 is 0. The van der Waals surface area contributed by atoms with Crippen LogP contribution in [0.3, 0.4) is 0 Å². The number of fused-ring (bicyclic) bond motifs is 4. The fraction of sp³-hybridized carbons (Fsp3) is 0.0455. The van der Waals surface area contributed by atoms with E-state index in [2.05, 4.69) is 84.0 Å². The molecule has 0 aliphatic carbocycles. The quantitative estimate of drug-likeness (QED) is 0.431. The topological polar surface area (TPSA) is 28.7 Å². The highest BCUT2D eigenvalue weighted by Crippen LogP contribution is 2.29. The van der Waals surface area contributed by atoms with E-state index in [4.69, 9.17) is 4.98 Å². The second kappa shape index (κ2) is 5.20. The standard InChI is InChI=1S/C22H16N2/c1-2-10-19-17(8-1)18-9-4-6-12-21(18)24-22(19)13-15-14-23-20-11-5-3-7-16(15)20/h1-12,14,23H,13H2. The Kier molecular flexibility index (Phi) is 2.89. The van der Waals surface area contributed by atoms with Gasteiger partial charge in [0.05, 0.1) is 11.2 Å². The number of aromatic amines is 1. The average Bonchev–Trinajstić information content (AvgIpc) is 3.05. The van der Waals surface area contributed by atoms with E-state index < -0.39 is 0 Å². The first-order valence-corrected chi connectivity index (χ1v) is 8.21. The highest BCUT2D eigenvalue weighted by molar-refractivity contribution is 6.06. The molecule has 0 bridgehead atoms. The number of para-hydroxylation sites is 2. The molecule has 2 heteroatoms. The molecule has 2 heterocycles. The molecule has 0 radical (unpaired) electrons. The number of nitrogens with one attached hydrogen (secondary N) is 1. The van der Waals surface area contributed by atoms with Crippen LogP contribution in [0.2, 0.25) is 0 Å². The van der Waals surface area contributed by atoms with Crippen molar-refractivity contribution in [2.75, 3.05) is 0 Å². The lowest BCUT2D eigenvalue weighted by atomic mass is 10.00. The fourth-order valence-electron chi connectivity index (χ4n) is 3.57. The van der Waals surface area contributed by atoms with Crippen molar-refractivity contribution in [3.8, 4) is 0 Å². The highest BCUT2D eigenvalue weighted by atomic mass is 14.7. The van der Waals surface area contributed by atoms with Gasteiger partial charge in [-0.05, 0) is 23.1 Å². The molecule has 2 nitrogen and oxygen atoms in total. The maximum Gasteiger partial charge on any atom is 0.0711 e. The Labute approximate surface area is 139 Å². The lowest BCUT2D eigenvalue weighted by molar-refractivity contribution is 1.13. The zero-order chi connectivity index (χ0) is 15.9. The summed E-state index contributed by atoms with van der Waals surface area (Å²) in [5.41, 5.74) is 4.66. The molecular formula is C22H16N2. The van der Waals surface area contributed by atoms with Gasteiger partial charge in [0.15, 0.2) is 0 Å². The summed E-state index contributed by atoms with van der Waals surface area (Å²) in [6.07, 6.45) is 2.94. The van der Waals surface area contributed by atoms with Crippen molar-refractivity contribution in [1.82, 2.24) is 9.97 Å². The van der Waals surface area contributed by atoms with Crippen LogP contribution in [0, 0.1) is 0 Å². The van der Waals surface area contributed by atoms with Crippen LogP contribution < -0.4 is 0 Å². The predicted molar refractivity (Wildman–Crippen MR) is 100 cm³/mol. The van der Waals surface area contributed by atoms with Gasteiger partial charge in [0.2, 0.25) is 0 Å². The van der Waals surface area contributed by atoms with Crippen molar-refractivity contribution >= 4 is 32.6 Å². The molecule has 1 N–H and O–H groups in total. The summed E-state index contributed by atoms with van der Waals surface area (Å²) in [7, 11) is 0. The molecule has 5 aromatic rings. The number of H-pyrrole nitrogens is 1. The second-order valence-electron chi connectivity index (χ2n) is 6.16. The molecule has 0 aliphatic rings. The first kappa shape index (κ1) is 13.3. The van der Waals surface area contributed by atoms with Gasteiger partial charge in [0.1, 0.15) is 0 Å². The minimum absolute atomic E-state index is 0.829. The monoisotopic (exact) mass is 308 g/mol. The molecule has 5 rings (SSSR count). The largest absolute Gasteiger partial charge is 0.361 e. The smallest absolute Gasteiger partial charge is 0.0711 e. The van der Waals surface area contributed by atoms with Gasteiger partial charge in [-0.25, -0.2) is 0 Å². The Bertz CT molecular complexity index is 1180. The van der Waals surface area contributed by atoms with Crippen LogP contribution in [0.5, 0.6) is 0 Å². The molecule has 0 atom stereocenters. The summed E-state index contributed by atoms with van der Waals surface area (Å²) in [5, 5.41) is 5.01. The average molecular weight is 308 g/mol. The molecule has 0 fully saturated rings. The van der Waals surface area contributed by atoms with E-state index in [0.717, 1.165) is 17.6 Å². The minimum atomic E-state index is 0.829. The summed E-state index contributed by atoms with van der Waals surface area (Å²) in [6, 6.07) is 25.4. The Hall–Kier alpha value is -3.13. The summed E-state index contributed by atoms with van der Waals surface area (Å²) >= 11 is 0. The molecule has 0 saturated carbocycles. The van der Waals surface area contributed by atoms with Crippen molar-refractivity contribution in [3.63, 3.8) is 0 Å². The molecule has 0 spiro atoms. The van der Waals surface area contributed by atoms with Gasteiger partial charge in [-0.2, -0.15) is 0 Å². The molecule has 0 aliphatic heterocycles. The van der Waals surface area contributed by atoms with Crippen LogP contribution in [0.25, 0.3) is 32.6 Å². The molecule has 3 aromatic carbocycles. The molecule has 0 amide bonds. The van der Waals surface area contributed by atoms with E-state index in [-0.39, 0.29) is 0 Å². The number of nitrogens with zero attached hydrogens (tertiary/aromatic N) is 1. The van der Waals surface area contributed by atoms with E-state index >= 15 is 0 Å². The van der Waals surface area contributed by atoms with Crippen LogP contribution in [-0.2, 0) is 6.42 Å². The SMILES string of the molecule is c1ccc2c(c1)nc(Cc1c[nH]c3ccccc13)c1ccccc12. The Balaban J connectivity index is 1.76. The predicted octanol–water partition coefficient (Wildman–Crippen LogP) is 5.46. The van der Waals surface area contributed by atoms with Crippen molar-refractivity contribution in [2.45, 2.75) is 6.42 Å². The first-order valence-electron chi connectivity index (χ1n) is 8.21. The Morgan fingerprint density at radius 1 is 0.667 bits per heavy atom. The molecule has 24 heavy (non-hydrogen) atoms. The zero-order valence-electron chi connectivity index (χ0n) is 13.2. The second-order valence-corrected chi connectivity index (χ2v) is 6.16. The molecule has 2 aromatic heterocycles. The Morgan fingerprint density at radius 2 is 1.33 bits per heavy atom. The van der Waals surface area contributed by atoms with Gasteiger partial charge in [-0.3, -0.25) is 4.98 Å². The lowest BCUT2D eigenvalue weighted by Crippen LogP contribution is -1.95. The van der Waals surface area contributed by atoms with Gasteiger partial charge in [-0.1, -0.05) is 60.7 Å². The van der Waals surface area contributed by atoms with Crippen molar-refractivity contribution in [2.24, 2.45) is 0 Å². The minimum Gasteiger partial charge on any atom is -0.361 e. The van der Waals surface area contributed by atoms with E-state index in [1.165, 1.54) is 32.6 Å². The summed E-state index contributed by atoms with van der Waals surface area (Å²) in [5.74, 6) is 0. The van der Waals surface area contributed by atoms with Gasteiger partial charge in [0, 0.05) is 34.3 Å². The van der Waals surface area contributed by atoms with E-state index in [1.54, 1.807) is 0 Å². The van der Waals surface area contributed by atoms with E-state index in [0.29, 0.717) is 0 Å². The number of benzene rings is 3. The van der Waals surface area contributed by atoms with Gasteiger partial charge in [-0.15, -0.1) is 0 Å². The number of hydrogen-bond donors (Lipinski definition) is 1. The van der Waals surface area contributed by atoms with E-state index in [9.17, 15) is 0 Å². The molecular weight excluding hydrogens is 292 g/mol. The van der Waals surface area contributed by atoms with E-state index in [1.807, 2.05) is 0 Å². The third-order valence-electron chi connectivity index (χ3n) is 4.72. The molecule has 114 valence electrons. The van der Waals surface area contributed by atoms with Gasteiger partial charge in [0.25, 0.3) is 0 Å². The van der Waals surface area contributed by atoms with Crippen molar-refractivity contribution < 1.29 is 0 Å².